The maximum Gasteiger partial charge on any atom is 0.399 e. The summed E-state index contributed by atoms with van der Waals surface area (Å²) in [4.78, 5) is 23.9. The van der Waals surface area contributed by atoms with Crippen LogP contribution in [0.15, 0.2) is 30.3 Å². The number of methoxy groups -OCH3 is 2. The zero-order valence-corrected chi connectivity index (χ0v) is 15.2. The minimum absolute atomic E-state index is 0.00236. The van der Waals surface area contributed by atoms with Gasteiger partial charge in [0.1, 0.15) is 6.42 Å². The molecule has 2 aromatic carbocycles. The van der Waals surface area contributed by atoms with E-state index in [-0.39, 0.29) is 23.0 Å². The van der Waals surface area contributed by atoms with Gasteiger partial charge in [0.05, 0.1) is 14.2 Å². The summed E-state index contributed by atoms with van der Waals surface area (Å²) in [5.74, 6) is -1.46. The summed E-state index contributed by atoms with van der Waals surface area (Å²) < 4.78 is 53.3. The van der Waals surface area contributed by atoms with Crippen molar-refractivity contribution in [1.82, 2.24) is 0 Å². The summed E-state index contributed by atoms with van der Waals surface area (Å²) in [6.07, 6.45) is -5.60. The molecule has 0 unspecified atom stereocenters. The largest absolute Gasteiger partial charge is 0.493 e. The molecule has 5 nitrogen and oxygen atoms in total. The molecule has 3 rings (SSSR count). The summed E-state index contributed by atoms with van der Waals surface area (Å²) in [5.41, 5.74) is 2.26. The zero-order chi connectivity index (χ0) is 20.5. The SMILES string of the molecule is COc1ccc(-c2cccc3c2CCC3=O)c(OC(=O)CC(F)(F)F)c1OC. The summed E-state index contributed by atoms with van der Waals surface area (Å²) in [7, 11) is 2.65. The van der Waals surface area contributed by atoms with E-state index in [1.54, 1.807) is 30.3 Å². The van der Waals surface area contributed by atoms with E-state index in [1.807, 2.05) is 0 Å². The number of hydrogen-bond donors (Lipinski definition) is 0. The molecule has 148 valence electrons. The Kier molecular flexibility index (Phi) is 5.31. The molecule has 8 heteroatoms. The van der Waals surface area contributed by atoms with Crippen LogP contribution in [0.1, 0.15) is 28.8 Å². The van der Waals surface area contributed by atoms with Crippen LogP contribution >= 0.6 is 0 Å². The molecule has 0 saturated carbocycles. The molecule has 0 aliphatic heterocycles. The molecule has 0 atom stereocenters. The van der Waals surface area contributed by atoms with Gasteiger partial charge in [-0.05, 0) is 29.7 Å². The van der Waals surface area contributed by atoms with Crippen molar-refractivity contribution in [3.63, 3.8) is 0 Å². The second kappa shape index (κ2) is 7.53. The van der Waals surface area contributed by atoms with Crippen LogP contribution in [0.3, 0.4) is 0 Å². The zero-order valence-electron chi connectivity index (χ0n) is 15.2. The van der Waals surface area contributed by atoms with Gasteiger partial charge in [0, 0.05) is 17.5 Å². The first-order valence-electron chi connectivity index (χ1n) is 8.43. The molecule has 2 aromatic rings. The van der Waals surface area contributed by atoms with E-state index in [9.17, 15) is 22.8 Å². The van der Waals surface area contributed by atoms with E-state index in [4.69, 9.17) is 14.2 Å². The Morgan fingerprint density at radius 2 is 1.68 bits per heavy atom. The number of ketones is 1. The van der Waals surface area contributed by atoms with Crippen LogP contribution in [0, 0.1) is 0 Å². The van der Waals surface area contributed by atoms with Crippen molar-refractivity contribution in [3.8, 4) is 28.4 Å². The van der Waals surface area contributed by atoms with Gasteiger partial charge in [-0.1, -0.05) is 18.2 Å². The van der Waals surface area contributed by atoms with Crippen molar-refractivity contribution < 1.29 is 37.0 Å². The van der Waals surface area contributed by atoms with Gasteiger partial charge in [-0.3, -0.25) is 9.59 Å². The predicted molar refractivity (Wildman–Crippen MR) is 93.9 cm³/mol. The average Bonchev–Trinajstić information content (AvgIpc) is 3.01. The van der Waals surface area contributed by atoms with Crippen LogP contribution in [-0.4, -0.2) is 32.1 Å². The first-order chi connectivity index (χ1) is 13.2. The van der Waals surface area contributed by atoms with Gasteiger partial charge in [-0.2, -0.15) is 13.2 Å². The van der Waals surface area contributed by atoms with E-state index >= 15 is 0 Å². The Balaban J connectivity index is 2.15. The lowest BCUT2D eigenvalue weighted by atomic mass is 9.95. The molecule has 0 spiro atoms. The Bertz CT molecular complexity index is 934. The number of Topliss-reactive ketones (excluding diaryl/α,β-unsaturated/α-hetero) is 1. The van der Waals surface area contributed by atoms with E-state index in [0.29, 0.717) is 29.5 Å². The average molecular weight is 394 g/mol. The van der Waals surface area contributed by atoms with Crippen LogP contribution in [-0.2, 0) is 11.2 Å². The Morgan fingerprint density at radius 1 is 0.964 bits per heavy atom. The third kappa shape index (κ3) is 3.81. The highest BCUT2D eigenvalue weighted by Gasteiger charge is 2.34. The van der Waals surface area contributed by atoms with E-state index in [2.05, 4.69) is 0 Å². The molecular formula is C20H17F3O5. The number of benzene rings is 2. The molecule has 0 bridgehead atoms. The fourth-order valence-corrected chi connectivity index (χ4v) is 3.27. The van der Waals surface area contributed by atoms with Crippen molar-refractivity contribution in [2.24, 2.45) is 0 Å². The van der Waals surface area contributed by atoms with Crippen LogP contribution in [0.2, 0.25) is 0 Å². The lowest BCUT2D eigenvalue weighted by molar-refractivity contribution is -0.164. The molecule has 0 radical (unpaired) electrons. The summed E-state index contributed by atoms with van der Waals surface area (Å²) in [5, 5.41) is 0. The maximum absolute atomic E-state index is 12.6. The van der Waals surface area contributed by atoms with Crippen molar-refractivity contribution in [3.05, 3.63) is 41.5 Å². The Morgan fingerprint density at radius 3 is 2.32 bits per heavy atom. The standard InChI is InChI=1S/C20H17F3O5/c1-26-16-9-7-14(11-4-3-5-13-12(11)6-8-15(13)24)18(19(16)27-2)28-17(25)10-20(21,22)23/h3-5,7,9H,6,8,10H2,1-2H3. The van der Waals surface area contributed by atoms with Gasteiger partial charge in [-0.25, -0.2) is 0 Å². The summed E-state index contributed by atoms with van der Waals surface area (Å²) >= 11 is 0. The van der Waals surface area contributed by atoms with Crippen LogP contribution in [0.5, 0.6) is 17.2 Å². The molecule has 0 N–H and O–H groups in total. The van der Waals surface area contributed by atoms with Crippen molar-refractivity contribution in [2.45, 2.75) is 25.4 Å². The lowest BCUT2D eigenvalue weighted by Gasteiger charge is -2.18. The first-order valence-corrected chi connectivity index (χ1v) is 8.43. The fraction of sp³-hybridized carbons (Fsp3) is 0.300. The van der Waals surface area contributed by atoms with Crippen molar-refractivity contribution >= 4 is 11.8 Å². The Hall–Kier alpha value is -3.03. The molecule has 0 aromatic heterocycles. The van der Waals surface area contributed by atoms with Gasteiger partial charge in [-0.15, -0.1) is 0 Å². The fourth-order valence-electron chi connectivity index (χ4n) is 3.27. The van der Waals surface area contributed by atoms with Gasteiger partial charge < -0.3 is 14.2 Å². The van der Waals surface area contributed by atoms with E-state index in [0.717, 1.165) is 5.56 Å². The molecule has 0 amide bonds. The number of carbonyl (C=O) groups excluding carboxylic acids is 2. The topological polar surface area (TPSA) is 61.8 Å². The molecule has 0 saturated heterocycles. The highest BCUT2D eigenvalue weighted by Crippen LogP contribution is 2.46. The van der Waals surface area contributed by atoms with Crippen molar-refractivity contribution in [2.75, 3.05) is 14.2 Å². The van der Waals surface area contributed by atoms with Gasteiger partial charge in [0.25, 0.3) is 0 Å². The maximum atomic E-state index is 12.6. The summed E-state index contributed by atoms with van der Waals surface area (Å²) in [6, 6.07) is 8.22. The number of alkyl halides is 3. The van der Waals surface area contributed by atoms with Crippen molar-refractivity contribution in [1.29, 1.82) is 0 Å². The van der Waals surface area contributed by atoms with Gasteiger partial charge in [0.2, 0.25) is 5.75 Å². The predicted octanol–water partition coefficient (Wildman–Crippen LogP) is 4.36. The van der Waals surface area contributed by atoms with Crippen LogP contribution < -0.4 is 14.2 Å². The second-order valence-corrected chi connectivity index (χ2v) is 6.20. The van der Waals surface area contributed by atoms with Gasteiger partial charge >= 0.3 is 12.1 Å². The summed E-state index contributed by atoms with van der Waals surface area (Å²) in [6.45, 7) is 0. The molecule has 0 heterocycles. The smallest absolute Gasteiger partial charge is 0.399 e. The number of ether oxygens (including phenoxy) is 3. The first kappa shape index (κ1) is 19.7. The van der Waals surface area contributed by atoms with Crippen LogP contribution in [0.25, 0.3) is 11.1 Å². The number of esters is 1. The third-order valence-corrected chi connectivity index (χ3v) is 4.43. The number of rotatable bonds is 5. The lowest BCUT2D eigenvalue weighted by Crippen LogP contribution is -2.20. The van der Waals surface area contributed by atoms with Gasteiger partial charge in [0.15, 0.2) is 17.3 Å². The highest BCUT2D eigenvalue weighted by molar-refractivity contribution is 6.03. The number of hydrogen-bond acceptors (Lipinski definition) is 5. The molecule has 1 aliphatic carbocycles. The van der Waals surface area contributed by atoms with Crippen LogP contribution in [0.4, 0.5) is 13.2 Å². The van der Waals surface area contributed by atoms with E-state index < -0.39 is 18.6 Å². The molecule has 1 aliphatic rings. The number of fused-ring (bicyclic) bond motifs is 1. The molecule has 28 heavy (non-hydrogen) atoms. The quantitative estimate of drug-likeness (QED) is 0.557. The minimum atomic E-state index is -4.70. The number of carbonyl (C=O) groups is 2. The normalized spacial score (nSPS) is 13.2. The minimum Gasteiger partial charge on any atom is -0.493 e. The Labute approximate surface area is 159 Å². The number of halogens is 3. The second-order valence-electron chi connectivity index (χ2n) is 6.20. The highest BCUT2D eigenvalue weighted by atomic mass is 19.4. The monoisotopic (exact) mass is 394 g/mol. The van der Waals surface area contributed by atoms with E-state index in [1.165, 1.54) is 14.2 Å². The molecular weight excluding hydrogens is 377 g/mol. The third-order valence-electron chi connectivity index (χ3n) is 4.43. The molecule has 0 fully saturated rings.